The maximum atomic E-state index is 14.4. The molecule has 1 saturated heterocycles. The summed E-state index contributed by atoms with van der Waals surface area (Å²) in [7, 11) is 0. The number of imidazole rings is 2. The highest BCUT2D eigenvalue weighted by molar-refractivity contribution is 5.98. The molecule has 1 aliphatic heterocycles. The van der Waals surface area contributed by atoms with Crippen molar-refractivity contribution in [3.05, 3.63) is 144 Å². The van der Waals surface area contributed by atoms with E-state index in [1.54, 1.807) is 38.1 Å². The van der Waals surface area contributed by atoms with Crippen LogP contribution in [0.15, 0.2) is 116 Å². The van der Waals surface area contributed by atoms with E-state index in [1.165, 1.54) is 32.7 Å². The zero-order chi connectivity index (χ0) is 56.6. The van der Waals surface area contributed by atoms with Crippen molar-refractivity contribution in [3.63, 3.8) is 0 Å². The average Bonchev–Trinajstić information content (AvgIpc) is 4.31. The highest BCUT2D eigenvalue weighted by Crippen LogP contribution is 2.22. The van der Waals surface area contributed by atoms with Crippen molar-refractivity contribution in [3.8, 4) is 0 Å². The Labute approximate surface area is 458 Å². The molecular weight excluding hydrogens is 1010 g/mol. The van der Waals surface area contributed by atoms with Gasteiger partial charge >= 0.3 is 0 Å². The maximum Gasteiger partial charge on any atom is 0.245 e. The van der Waals surface area contributed by atoms with Crippen molar-refractivity contribution in [2.24, 2.45) is 11.7 Å². The first-order chi connectivity index (χ1) is 37.9. The molecule has 1 fully saturated rings. The molecule has 12 N–H and O–H groups in total. The number of hydrogen-bond donors (Lipinski definition) is 11. The van der Waals surface area contributed by atoms with Crippen molar-refractivity contribution in [2.75, 3.05) is 13.1 Å². The van der Waals surface area contributed by atoms with E-state index in [0.29, 0.717) is 49.3 Å². The number of H-pyrrole nitrogens is 3. The van der Waals surface area contributed by atoms with Crippen molar-refractivity contribution >= 4 is 58.2 Å². The zero-order valence-electron chi connectivity index (χ0n) is 45.1. The van der Waals surface area contributed by atoms with Crippen LogP contribution in [0.3, 0.4) is 0 Å². The largest absolute Gasteiger partial charge is 0.368 e. The number of fused-ring (bicyclic) bond motifs is 1. The van der Waals surface area contributed by atoms with Crippen LogP contribution >= 0.6 is 0 Å². The molecule has 0 radical (unpaired) electrons. The fraction of sp³-hybridized carbons (Fsp3) is 0.404. The summed E-state index contributed by atoms with van der Waals surface area (Å²) in [6.07, 6.45) is 9.56. The van der Waals surface area contributed by atoms with E-state index in [2.05, 4.69) is 62.1 Å². The molecule has 3 aromatic carbocycles. The highest BCUT2D eigenvalue weighted by Gasteiger charge is 2.37. The van der Waals surface area contributed by atoms with Crippen LogP contribution in [0.25, 0.3) is 10.9 Å². The molecule has 79 heavy (non-hydrogen) atoms. The molecule has 1 aliphatic rings. The van der Waals surface area contributed by atoms with Crippen LogP contribution in [-0.4, -0.2) is 139 Å². The molecule has 6 aromatic rings. The van der Waals surface area contributed by atoms with Gasteiger partial charge in [-0.2, -0.15) is 0 Å². The third-order valence-corrected chi connectivity index (χ3v) is 14.3. The van der Waals surface area contributed by atoms with Gasteiger partial charge in [0.05, 0.1) is 24.6 Å². The maximum absolute atomic E-state index is 14.4. The van der Waals surface area contributed by atoms with Crippen molar-refractivity contribution in [1.82, 2.24) is 67.0 Å². The molecular formula is C57H72N14O8. The molecule has 0 unspecified atom stereocenters. The SMILES string of the molecule is CC(C)[C@H](NC(=O)[C@H](C)NC(=O)[C@H](Cc1c[nH]c2ccccc12)NC(=O)[C@H](Cc1cnc[nH]1)NC(=O)[C@H](C)c1ccccc1)C(=O)N[C@H](C)C(=O)N[C@@H](Cc1cnc[nH]1)C(=O)N1CCC[C@@H]1CN[C@@H](Cc1ccccc1)C(N)=O. The second kappa shape index (κ2) is 27.6. The fourth-order valence-corrected chi connectivity index (χ4v) is 9.63. The van der Waals surface area contributed by atoms with Crippen molar-refractivity contribution < 1.29 is 38.4 Å². The van der Waals surface area contributed by atoms with Gasteiger partial charge in [0, 0.05) is 79.3 Å². The summed E-state index contributed by atoms with van der Waals surface area (Å²) in [6, 6.07) is 18.0. The Kier molecular flexibility index (Phi) is 20.3. The van der Waals surface area contributed by atoms with E-state index in [1.807, 2.05) is 84.9 Å². The van der Waals surface area contributed by atoms with Crippen LogP contribution in [-0.2, 0) is 64.0 Å². The topological polar surface area (TPSA) is 323 Å². The lowest BCUT2D eigenvalue weighted by Crippen LogP contribution is -2.60. The third kappa shape index (κ3) is 16.0. The van der Waals surface area contributed by atoms with Crippen molar-refractivity contribution in [1.29, 1.82) is 0 Å². The van der Waals surface area contributed by atoms with Gasteiger partial charge in [-0.15, -0.1) is 0 Å². The molecule has 0 aliphatic carbocycles. The second-order valence-corrected chi connectivity index (χ2v) is 20.5. The predicted octanol–water partition coefficient (Wildman–Crippen LogP) is 1.73. The molecule has 7 rings (SSSR count). The summed E-state index contributed by atoms with van der Waals surface area (Å²) >= 11 is 0. The molecule has 3 aromatic heterocycles. The van der Waals surface area contributed by atoms with Gasteiger partial charge in [0.15, 0.2) is 0 Å². The van der Waals surface area contributed by atoms with Gasteiger partial charge in [0.1, 0.15) is 36.3 Å². The van der Waals surface area contributed by atoms with E-state index < -0.39 is 95.5 Å². The van der Waals surface area contributed by atoms with Gasteiger partial charge in [0.25, 0.3) is 0 Å². The van der Waals surface area contributed by atoms with Crippen LogP contribution in [0, 0.1) is 5.92 Å². The highest BCUT2D eigenvalue weighted by atomic mass is 16.2. The molecule has 9 atom stereocenters. The van der Waals surface area contributed by atoms with Gasteiger partial charge in [0.2, 0.25) is 47.3 Å². The lowest BCUT2D eigenvalue weighted by atomic mass is 9.99. The standard InChI is InChI=1S/C57H72N14O8/c1-33(2)49(56(78)66-35(4)52(74)69-48(26-41-29-60-32-64-41)57(79)71-22-14-19-42(71)30-62-45(50(58)72)23-37-15-8-6-9-16-37)70-53(75)36(5)65-54(76)46(24-39-27-61-44-21-13-12-20-43(39)44)68-55(77)47(25-40-28-59-31-63-40)67-51(73)34(3)38-17-10-7-11-18-38/h6-13,15-18,20-21,27-29,31-36,42,45-49,61-62H,14,19,22-26,30H2,1-5H3,(H2,58,72)(H,59,63)(H,60,64)(H,65,76)(H,66,78)(H,67,73)(H,68,77)(H,69,74)(H,70,75)/t34-,35-,36+,42-,45+,46+,47+,48+,49+/m1/s1. The Morgan fingerprint density at radius 2 is 1.15 bits per heavy atom. The van der Waals surface area contributed by atoms with E-state index in [9.17, 15) is 38.4 Å². The number of carbonyl (C=O) groups is 8. The Bertz CT molecular complexity index is 3000. The lowest BCUT2D eigenvalue weighted by molar-refractivity contribution is -0.138. The fourth-order valence-electron chi connectivity index (χ4n) is 9.63. The Morgan fingerprint density at radius 3 is 1.78 bits per heavy atom. The number of para-hydroxylation sites is 1. The summed E-state index contributed by atoms with van der Waals surface area (Å²) < 4.78 is 0. The summed E-state index contributed by atoms with van der Waals surface area (Å²) in [5.74, 6) is -5.84. The first kappa shape index (κ1) is 58.0. The number of likely N-dealkylation sites (tertiary alicyclic amines) is 1. The van der Waals surface area contributed by atoms with Crippen LogP contribution < -0.4 is 43.0 Å². The van der Waals surface area contributed by atoms with Crippen LogP contribution in [0.1, 0.15) is 81.5 Å². The number of nitrogens with zero attached hydrogens (tertiary/aromatic N) is 3. The van der Waals surface area contributed by atoms with Crippen molar-refractivity contribution in [2.45, 2.75) is 127 Å². The van der Waals surface area contributed by atoms with Crippen LogP contribution in [0.4, 0.5) is 0 Å². The minimum atomic E-state index is -1.26. The van der Waals surface area contributed by atoms with E-state index in [0.717, 1.165) is 22.0 Å². The van der Waals surface area contributed by atoms with Gasteiger partial charge in [-0.1, -0.05) is 92.7 Å². The molecule has 22 heteroatoms. The number of aromatic amines is 3. The average molecular weight is 1080 g/mol. The van der Waals surface area contributed by atoms with Crippen LogP contribution in [0.2, 0.25) is 0 Å². The molecule has 22 nitrogen and oxygen atoms in total. The Morgan fingerprint density at radius 1 is 0.595 bits per heavy atom. The normalized spacial score (nSPS) is 16.3. The minimum Gasteiger partial charge on any atom is -0.368 e. The van der Waals surface area contributed by atoms with Gasteiger partial charge in [-0.3, -0.25) is 38.4 Å². The molecule has 0 spiro atoms. The molecule has 4 heterocycles. The van der Waals surface area contributed by atoms with Crippen LogP contribution in [0.5, 0.6) is 0 Å². The number of carbonyl (C=O) groups excluding carboxylic acids is 8. The first-order valence-corrected chi connectivity index (χ1v) is 26.7. The summed E-state index contributed by atoms with van der Waals surface area (Å²) in [5, 5.41) is 20.7. The van der Waals surface area contributed by atoms with E-state index in [-0.39, 0.29) is 31.2 Å². The minimum absolute atomic E-state index is 0.00518. The molecule has 8 amide bonds. The number of hydrogen-bond acceptors (Lipinski definition) is 11. The molecule has 0 bridgehead atoms. The van der Waals surface area contributed by atoms with E-state index in [4.69, 9.17) is 5.73 Å². The smallest absolute Gasteiger partial charge is 0.245 e. The molecule has 418 valence electrons. The second-order valence-electron chi connectivity index (χ2n) is 20.5. The van der Waals surface area contributed by atoms with E-state index >= 15 is 0 Å². The summed E-state index contributed by atoms with van der Waals surface area (Å²) in [5.41, 5.74) is 10.1. The van der Waals surface area contributed by atoms with Gasteiger partial charge in [-0.25, -0.2) is 9.97 Å². The number of amides is 8. The first-order valence-electron chi connectivity index (χ1n) is 26.7. The quantitative estimate of drug-likeness (QED) is 0.0353. The number of benzene rings is 3. The number of nitrogens with one attached hydrogen (secondary N) is 10. The Hall–Kier alpha value is -8.66. The predicted molar refractivity (Wildman–Crippen MR) is 295 cm³/mol. The zero-order valence-corrected chi connectivity index (χ0v) is 45.1. The van der Waals surface area contributed by atoms with Gasteiger partial charge < -0.3 is 62.8 Å². The number of aromatic nitrogens is 5. The Balaban J connectivity index is 0.992. The summed E-state index contributed by atoms with van der Waals surface area (Å²) in [6.45, 7) is 8.75. The monoisotopic (exact) mass is 1080 g/mol. The number of primary amides is 1. The lowest BCUT2D eigenvalue weighted by Gasteiger charge is -2.31. The summed E-state index contributed by atoms with van der Waals surface area (Å²) in [4.78, 5) is 130. The van der Waals surface area contributed by atoms with Gasteiger partial charge in [-0.05, 0) is 68.7 Å². The number of rotatable bonds is 27. The molecule has 0 saturated carbocycles. The third-order valence-electron chi connectivity index (χ3n) is 14.3. The number of nitrogens with two attached hydrogens (primary N) is 1.